The van der Waals surface area contributed by atoms with Gasteiger partial charge < -0.3 is 10.4 Å². The summed E-state index contributed by atoms with van der Waals surface area (Å²) < 4.78 is 1.82. The average molecular weight is 430 g/mol. The SMILES string of the molecule is O=C(NC1CCCCC1O)c1cn(-c2ccc(Cl)cc2)c(-c2ccccc2Cl)n1. The zero-order valence-corrected chi connectivity index (χ0v) is 17.2. The maximum atomic E-state index is 12.9. The summed E-state index contributed by atoms with van der Waals surface area (Å²) in [6.07, 6.45) is 4.61. The molecule has 1 saturated carbocycles. The lowest BCUT2D eigenvalue weighted by Crippen LogP contribution is -2.45. The number of carbonyl (C=O) groups excluding carboxylic acids is 1. The van der Waals surface area contributed by atoms with Crippen molar-refractivity contribution in [2.75, 3.05) is 0 Å². The molecule has 1 fully saturated rings. The number of rotatable bonds is 4. The number of halogens is 2. The highest BCUT2D eigenvalue weighted by Crippen LogP contribution is 2.30. The van der Waals surface area contributed by atoms with Gasteiger partial charge in [0.2, 0.25) is 0 Å². The maximum Gasteiger partial charge on any atom is 0.271 e. The number of carbonyl (C=O) groups is 1. The van der Waals surface area contributed by atoms with Gasteiger partial charge in [-0.25, -0.2) is 4.98 Å². The predicted octanol–water partition coefficient (Wildman–Crippen LogP) is 4.88. The molecule has 29 heavy (non-hydrogen) atoms. The Morgan fingerprint density at radius 3 is 2.52 bits per heavy atom. The van der Waals surface area contributed by atoms with Crippen molar-refractivity contribution in [2.45, 2.75) is 37.8 Å². The van der Waals surface area contributed by atoms with Crippen molar-refractivity contribution in [3.8, 4) is 17.1 Å². The predicted molar refractivity (Wildman–Crippen MR) is 115 cm³/mol. The van der Waals surface area contributed by atoms with Crippen LogP contribution < -0.4 is 5.32 Å². The number of aliphatic hydroxyl groups is 1. The van der Waals surface area contributed by atoms with Gasteiger partial charge in [0.05, 0.1) is 17.2 Å². The fourth-order valence-electron chi connectivity index (χ4n) is 3.64. The largest absolute Gasteiger partial charge is 0.391 e. The number of aliphatic hydroxyl groups excluding tert-OH is 1. The van der Waals surface area contributed by atoms with Gasteiger partial charge in [-0.05, 0) is 49.2 Å². The van der Waals surface area contributed by atoms with Gasteiger partial charge in [0, 0.05) is 22.5 Å². The van der Waals surface area contributed by atoms with Crippen molar-refractivity contribution < 1.29 is 9.90 Å². The Bertz CT molecular complexity index is 1020. The molecule has 2 aromatic carbocycles. The van der Waals surface area contributed by atoms with E-state index >= 15 is 0 Å². The molecule has 1 heterocycles. The summed E-state index contributed by atoms with van der Waals surface area (Å²) in [5.41, 5.74) is 1.81. The van der Waals surface area contributed by atoms with E-state index in [1.54, 1.807) is 24.4 Å². The summed E-state index contributed by atoms with van der Waals surface area (Å²) in [5.74, 6) is 0.254. The molecule has 1 amide bonds. The minimum atomic E-state index is -0.519. The van der Waals surface area contributed by atoms with Crippen LogP contribution in [0.2, 0.25) is 10.0 Å². The number of imidazole rings is 1. The number of hydrogen-bond acceptors (Lipinski definition) is 3. The summed E-state index contributed by atoms with van der Waals surface area (Å²) in [5, 5.41) is 14.3. The lowest BCUT2D eigenvalue weighted by molar-refractivity contribution is 0.0714. The van der Waals surface area contributed by atoms with E-state index in [4.69, 9.17) is 23.2 Å². The molecule has 5 nitrogen and oxygen atoms in total. The summed E-state index contributed by atoms with van der Waals surface area (Å²) >= 11 is 12.4. The van der Waals surface area contributed by atoms with Gasteiger partial charge in [-0.15, -0.1) is 0 Å². The molecule has 0 radical (unpaired) electrons. The highest BCUT2D eigenvalue weighted by atomic mass is 35.5. The first kappa shape index (κ1) is 20.0. The first-order valence-corrected chi connectivity index (χ1v) is 10.4. The smallest absolute Gasteiger partial charge is 0.271 e. The van der Waals surface area contributed by atoms with Crippen LogP contribution in [0, 0.1) is 0 Å². The lowest BCUT2D eigenvalue weighted by Gasteiger charge is -2.27. The van der Waals surface area contributed by atoms with Crippen LogP contribution >= 0.6 is 23.2 Å². The monoisotopic (exact) mass is 429 g/mol. The Hall–Kier alpha value is -2.34. The van der Waals surface area contributed by atoms with Crippen LogP contribution in [-0.4, -0.2) is 32.7 Å². The molecule has 3 aromatic rings. The standard InChI is InChI=1S/C22H21Cl2N3O2/c23-14-9-11-15(12-10-14)27-13-19(22(29)26-18-7-3-4-8-20(18)28)25-21(27)16-5-1-2-6-17(16)24/h1-2,5-6,9-13,18,20,28H,3-4,7-8H2,(H,26,29). The van der Waals surface area contributed by atoms with Crippen molar-refractivity contribution in [3.05, 3.63) is 70.5 Å². The Morgan fingerprint density at radius 2 is 1.79 bits per heavy atom. The number of benzene rings is 2. The van der Waals surface area contributed by atoms with Crippen molar-refractivity contribution >= 4 is 29.1 Å². The molecule has 1 aromatic heterocycles. The van der Waals surface area contributed by atoms with E-state index in [2.05, 4.69) is 10.3 Å². The molecule has 0 spiro atoms. The van der Waals surface area contributed by atoms with Crippen LogP contribution in [0.15, 0.2) is 54.7 Å². The van der Waals surface area contributed by atoms with Crippen LogP contribution in [0.3, 0.4) is 0 Å². The molecular formula is C22H21Cl2N3O2. The molecule has 1 aliphatic rings. The van der Waals surface area contributed by atoms with E-state index in [0.717, 1.165) is 30.5 Å². The molecule has 4 rings (SSSR count). The molecule has 0 saturated heterocycles. The topological polar surface area (TPSA) is 67.2 Å². The van der Waals surface area contributed by atoms with Gasteiger partial charge in [0.15, 0.2) is 0 Å². The van der Waals surface area contributed by atoms with E-state index in [9.17, 15) is 9.90 Å². The second-order valence-electron chi connectivity index (χ2n) is 7.21. The van der Waals surface area contributed by atoms with Gasteiger partial charge in [0.25, 0.3) is 5.91 Å². The van der Waals surface area contributed by atoms with Gasteiger partial charge >= 0.3 is 0 Å². The van der Waals surface area contributed by atoms with Crippen LogP contribution in [0.4, 0.5) is 0 Å². The number of nitrogens with zero attached hydrogens (tertiary/aromatic N) is 2. The van der Waals surface area contributed by atoms with Gasteiger partial charge in [-0.2, -0.15) is 0 Å². The van der Waals surface area contributed by atoms with E-state index < -0.39 is 6.10 Å². The minimum absolute atomic E-state index is 0.249. The number of hydrogen-bond donors (Lipinski definition) is 2. The van der Waals surface area contributed by atoms with Gasteiger partial charge in [-0.3, -0.25) is 9.36 Å². The van der Waals surface area contributed by atoms with Crippen molar-refractivity contribution in [1.82, 2.24) is 14.9 Å². The molecular weight excluding hydrogens is 409 g/mol. The summed E-state index contributed by atoms with van der Waals surface area (Å²) in [6, 6.07) is 14.4. The lowest BCUT2D eigenvalue weighted by atomic mass is 9.92. The van der Waals surface area contributed by atoms with Crippen LogP contribution in [-0.2, 0) is 0 Å². The van der Waals surface area contributed by atoms with Crippen molar-refractivity contribution in [1.29, 1.82) is 0 Å². The zero-order valence-electron chi connectivity index (χ0n) is 15.7. The third-order valence-corrected chi connectivity index (χ3v) is 5.79. The van der Waals surface area contributed by atoms with E-state index in [1.807, 2.05) is 34.9 Å². The first-order chi connectivity index (χ1) is 14.0. The number of amides is 1. The first-order valence-electron chi connectivity index (χ1n) is 9.62. The number of nitrogens with one attached hydrogen (secondary N) is 1. The van der Waals surface area contributed by atoms with Crippen molar-refractivity contribution in [3.63, 3.8) is 0 Å². The van der Waals surface area contributed by atoms with Crippen molar-refractivity contribution in [2.24, 2.45) is 0 Å². The molecule has 0 bridgehead atoms. The Morgan fingerprint density at radius 1 is 1.07 bits per heavy atom. The molecule has 7 heteroatoms. The van der Waals surface area contributed by atoms with Gasteiger partial charge in [-0.1, -0.05) is 48.2 Å². The normalized spacial score (nSPS) is 19.1. The van der Waals surface area contributed by atoms with Crippen LogP contribution in [0.1, 0.15) is 36.2 Å². The Balaban J connectivity index is 1.72. The third kappa shape index (κ3) is 4.32. The molecule has 2 atom stereocenters. The Labute approximate surface area is 179 Å². The van der Waals surface area contributed by atoms with E-state index in [0.29, 0.717) is 22.3 Å². The highest BCUT2D eigenvalue weighted by molar-refractivity contribution is 6.33. The fraction of sp³-hybridized carbons (Fsp3) is 0.273. The quantitative estimate of drug-likeness (QED) is 0.620. The van der Waals surface area contributed by atoms with E-state index in [-0.39, 0.29) is 17.6 Å². The fourth-order valence-corrected chi connectivity index (χ4v) is 3.99. The average Bonchev–Trinajstić information content (AvgIpc) is 3.16. The molecule has 2 unspecified atom stereocenters. The summed E-state index contributed by atoms with van der Waals surface area (Å²) in [7, 11) is 0. The zero-order chi connectivity index (χ0) is 20.4. The van der Waals surface area contributed by atoms with Crippen LogP contribution in [0.25, 0.3) is 17.1 Å². The van der Waals surface area contributed by atoms with E-state index in [1.165, 1.54) is 0 Å². The number of aromatic nitrogens is 2. The summed E-state index contributed by atoms with van der Waals surface area (Å²) in [6.45, 7) is 0. The van der Waals surface area contributed by atoms with Crippen LogP contribution in [0.5, 0.6) is 0 Å². The highest BCUT2D eigenvalue weighted by Gasteiger charge is 2.26. The second kappa shape index (κ2) is 8.57. The second-order valence-corrected chi connectivity index (χ2v) is 8.05. The molecule has 2 N–H and O–H groups in total. The molecule has 0 aliphatic heterocycles. The maximum absolute atomic E-state index is 12.9. The minimum Gasteiger partial charge on any atom is -0.391 e. The third-order valence-electron chi connectivity index (χ3n) is 5.20. The molecule has 1 aliphatic carbocycles. The van der Waals surface area contributed by atoms with Gasteiger partial charge in [0.1, 0.15) is 11.5 Å². The molecule has 150 valence electrons. The Kier molecular flexibility index (Phi) is 5.90. The summed E-state index contributed by atoms with van der Waals surface area (Å²) in [4.78, 5) is 17.5.